The molecule has 0 bridgehead atoms. The van der Waals surface area contributed by atoms with Crippen molar-refractivity contribution in [1.82, 2.24) is 15.1 Å². The van der Waals surface area contributed by atoms with E-state index in [-0.39, 0.29) is 6.03 Å². The fourth-order valence-corrected chi connectivity index (χ4v) is 4.65. The summed E-state index contributed by atoms with van der Waals surface area (Å²) < 4.78 is 23.3. The van der Waals surface area contributed by atoms with E-state index in [4.69, 9.17) is 0 Å². The molecule has 0 unspecified atom stereocenters. The number of rotatable bonds is 6. The van der Waals surface area contributed by atoms with Crippen LogP contribution in [0.15, 0.2) is 60.0 Å². The van der Waals surface area contributed by atoms with Crippen molar-refractivity contribution in [3.63, 3.8) is 0 Å². The number of hydrogen-bond donors (Lipinski definition) is 1. The van der Waals surface area contributed by atoms with Gasteiger partial charge in [-0.2, -0.15) is 0 Å². The van der Waals surface area contributed by atoms with E-state index in [0.29, 0.717) is 18.0 Å². The van der Waals surface area contributed by atoms with E-state index < -0.39 is 15.4 Å². The summed E-state index contributed by atoms with van der Waals surface area (Å²) in [6.07, 6.45) is 2.11. The summed E-state index contributed by atoms with van der Waals surface area (Å²) in [5.74, 6) is 0. The van der Waals surface area contributed by atoms with Gasteiger partial charge in [-0.25, -0.2) is 13.2 Å². The molecule has 2 aromatic rings. The average molecular weight is 470 g/mol. The van der Waals surface area contributed by atoms with Crippen molar-refractivity contribution in [3.8, 4) is 0 Å². The molecular weight excluding hydrogens is 434 g/mol. The normalized spacial score (nSPS) is 15.7. The maximum Gasteiger partial charge on any atom is 0.318 e. The fraction of sp³-hybridized carbons (Fsp3) is 0.423. The Bertz CT molecular complexity index is 1110. The summed E-state index contributed by atoms with van der Waals surface area (Å²) in [4.78, 5) is 17.6. The van der Waals surface area contributed by atoms with Gasteiger partial charge in [-0.15, -0.1) is 0 Å². The van der Waals surface area contributed by atoms with Crippen LogP contribution in [0.1, 0.15) is 43.9 Å². The third-order valence-corrected chi connectivity index (χ3v) is 7.26. The first-order chi connectivity index (χ1) is 15.5. The summed E-state index contributed by atoms with van der Waals surface area (Å²) in [6.45, 7) is 13.8. The fourth-order valence-electron chi connectivity index (χ4n) is 4.02. The molecule has 178 valence electrons. The molecule has 0 aliphatic carbocycles. The minimum absolute atomic E-state index is 0.0555. The quantitative estimate of drug-likeness (QED) is 0.686. The van der Waals surface area contributed by atoms with Crippen LogP contribution in [0.25, 0.3) is 5.57 Å². The molecule has 0 atom stereocenters. The van der Waals surface area contributed by atoms with E-state index in [0.717, 1.165) is 48.3 Å². The molecule has 1 saturated heterocycles. The summed E-state index contributed by atoms with van der Waals surface area (Å²) in [7, 11) is -3.19. The Kier molecular flexibility index (Phi) is 7.65. The van der Waals surface area contributed by atoms with Crippen molar-refractivity contribution >= 4 is 21.4 Å². The van der Waals surface area contributed by atoms with E-state index in [1.54, 1.807) is 12.1 Å². The monoisotopic (exact) mass is 469 g/mol. The molecule has 3 rings (SSSR count). The standard InChI is InChI=1S/C26H35N3O3S/c1-20(2)22-8-6-9-23(18-22)26(3,4)27-25(30)29-15-7-14-28(16-17-29)19-21-10-12-24(13-11-21)33(5,31)32/h6,8-13,18H,1,7,14-17,19H2,2-5H3,(H,27,30). The van der Waals surface area contributed by atoms with Gasteiger partial charge < -0.3 is 10.2 Å². The molecule has 2 amide bonds. The summed E-state index contributed by atoms with van der Waals surface area (Å²) in [6, 6.07) is 15.1. The lowest BCUT2D eigenvalue weighted by molar-refractivity contribution is 0.187. The van der Waals surface area contributed by atoms with Crippen molar-refractivity contribution in [2.24, 2.45) is 0 Å². The number of carbonyl (C=O) groups is 1. The van der Waals surface area contributed by atoms with E-state index in [9.17, 15) is 13.2 Å². The third kappa shape index (κ3) is 6.68. The lowest BCUT2D eigenvalue weighted by Crippen LogP contribution is -2.49. The largest absolute Gasteiger partial charge is 0.329 e. The highest BCUT2D eigenvalue weighted by atomic mass is 32.2. The Hall–Kier alpha value is -2.64. The van der Waals surface area contributed by atoms with Crippen LogP contribution in [-0.4, -0.2) is 56.7 Å². The molecule has 1 aliphatic rings. The number of carbonyl (C=O) groups excluding carboxylic acids is 1. The lowest BCUT2D eigenvalue weighted by Gasteiger charge is -2.31. The maximum absolute atomic E-state index is 13.1. The van der Waals surface area contributed by atoms with Gasteiger partial charge in [0.2, 0.25) is 0 Å². The molecule has 7 heteroatoms. The second-order valence-electron chi connectivity index (χ2n) is 9.45. The van der Waals surface area contributed by atoms with Crippen molar-refractivity contribution in [1.29, 1.82) is 0 Å². The van der Waals surface area contributed by atoms with E-state index in [1.807, 2.05) is 56.0 Å². The number of nitrogens with zero attached hydrogens (tertiary/aromatic N) is 2. The van der Waals surface area contributed by atoms with Gasteiger partial charge in [0.1, 0.15) is 0 Å². The van der Waals surface area contributed by atoms with Crippen LogP contribution >= 0.6 is 0 Å². The van der Waals surface area contributed by atoms with Crippen LogP contribution in [0, 0.1) is 0 Å². The first kappa shape index (κ1) is 25.0. The highest BCUT2D eigenvalue weighted by Crippen LogP contribution is 2.24. The predicted molar refractivity (Wildman–Crippen MR) is 134 cm³/mol. The molecule has 2 aromatic carbocycles. The van der Waals surface area contributed by atoms with Crippen LogP contribution in [-0.2, 0) is 21.9 Å². The van der Waals surface area contributed by atoms with Crippen LogP contribution in [0.2, 0.25) is 0 Å². The molecule has 1 aliphatic heterocycles. The van der Waals surface area contributed by atoms with Gasteiger partial charge in [-0.05, 0) is 62.1 Å². The lowest BCUT2D eigenvalue weighted by atomic mass is 9.92. The van der Waals surface area contributed by atoms with Gasteiger partial charge in [0, 0.05) is 39.0 Å². The van der Waals surface area contributed by atoms with Crippen molar-refractivity contribution in [3.05, 3.63) is 71.8 Å². The molecule has 0 saturated carbocycles. The topological polar surface area (TPSA) is 69.7 Å². The smallest absolute Gasteiger partial charge is 0.318 e. The Morgan fingerprint density at radius 3 is 2.39 bits per heavy atom. The van der Waals surface area contributed by atoms with Crippen molar-refractivity contribution in [2.45, 2.75) is 44.2 Å². The first-order valence-electron chi connectivity index (χ1n) is 11.3. The molecule has 0 aromatic heterocycles. The molecule has 0 radical (unpaired) electrons. The van der Waals surface area contributed by atoms with Gasteiger partial charge in [0.25, 0.3) is 0 Å². The number of benzene rings is 2. The van der Waals surface area contributed by atoms with Crippen LogP contribution in [0.4, 0.5) is 4.79 Å². The summed E-state index contributed by atoms with van der Waals surface area (Å²) in [5, 5.41) is 3.20. The van der Waals surface area contributed by atoms with Gasteiger partial charge in [0.05, 0.1) is 10.4 Å². The molecular formula is C26H35N3O3S. The number of hydrogen-bond acceptors (Lipinski definition) is 4. The van der Waals surface area contributed by atoms with Crippen LogP contribution < -0.4 is 5.32 Å². The number of amides is 2. The maximum atomic E-state index is 13.1. The first-order valence-corrected chi connectivity index (χ1v) is 13.2. The van der Waals surface area contributed by atoms with Crippen LogP contribution in [0.5, 0.6) is 0 Å². The SMILES string of the molecule is C=C(C)c1cccc(C(C)(C)NC(=O)N2CCCN(Cc3ccc(S(C)(=O)=O)cc3)CC2)c1. The molecule has 6 nitrogen and oxygen atoms in total. The van der Waals surface area contributed by atoms with Gasteiger partial charge in [0.15, 0.2) is 9.84 Å². The Labute approximate surface area is 198 Å². The van der Waals surface area contributed by atoms with Crippen molar-refractivity contribution < 1.29 is 13.2 Å². The zero-order valence-corrected chi connectivity index (χ0v) is 20.9. The minimum Gasteiger partial charge on any atom is -0.329 e. The Morgan fingerprint density at radius 2 is 1.76 bits per heavy atom. The second-order valence-corrected chi connectivity index (χ2v) is 11.5. The number of allylic oxidation sites excluding steroid dienone is 1. The summed E-state index contributed by atoms with van der Waals surface area (Å²) >= 11 is 0. The molecule has 1 fully saturated rings. The molecule has 1 heterocycles. The van der Waals surface area contributed by atoms with Crippen LogP contribution in [0.3, 0.4) is 0 Å². The minimum atomic E-state index is -3.19. The number of nitrogens with one attached hydrogen (secondary N) is 1. The number of sulfone groups is 1. The molecule has 1 N–H and O–H groups in total. The van der Waals surface area contributed by atoms with Gasteiger partial charge in [-0.1, -0.05) is 42.5 Å². The van der Waals surface area contributed by atoms with E-state index in [2.05, 4.69) is 22.9 Å². The average Bonchev–Trinajstić information content (AvgIpc) is 2.99. The zero-order valence-electron chi connectivity index (χ0n) is 20.1. The second kappa shape index (κ2) is 10.1. The van der Waals surface area contributed by atoms with Crippen molar-refractivity contribution in [2.75, 3.05) is 32.4 Å². The van der Waals surface area contributed by atoms with Gasteiger partial charge >= 0.3 is 6.03 Å². The molecule has 33 heavy (non-hydrogen) atoms. The third-order valence-electron chi connectivity index (χ3n) is 6.13. The number of urea groups is 1. The summed E-state index contributed by atoms with van der Waals surface area (Å²) in [5.41, 5.74) is 3.68. The van der Waals surface area contributed by atoms with E-state index >= 15 is 0 Å². The zero-order chi connectivity index (χ0) is 24.2. The van der Waals surface area contributed by atoms with E-state index in [1.165, 1.54) is 6.26 Å². The highest BCUT2D eigenvalue weighted by molar-refractivity contribution is 7.90. The molecule has 0 spiro atoms. The Morgan fingerprint density at radius 1 is 1.06 bits per heavy atom. The Balaban J connectivity index is 1.59. The highest BCUT2D eigenvalue weighted by Gasteiger charge is 2.27. The predicted octanol–water partition coefficient (Wildman–Crippen LogP) is 4.28. The van der Waals surface area contributed by atoms with Gasteiger partial charge in [-0.3, -0.25) is 4.90 Å².